The quantitative estimate of drug-likeness (QED) is 0.821. The van der Waals surface area contributed by atoms with E-state index in [-0.39, 0.29) is 18.4 Å². The largest absolute Gasteiger partial charge is 0.355 e. The molecular formula is C20H24N2O2. The second-order valence-corrected chi connectivity index (χ2v) is 6.16. The van der Waals surface area contributed by atoms with Crippen LogP contribution in [0.3, 0.4) is 0 Å². The number of benzene rings is 2. The van der Waals surface area contributed by atoms with Crippen LogP contribution in [-0.4, -0.2) is 24.9 Å². The average molecular weight is 324 g/mol. The maximum atomic E-state index is 12.1. The van der Waals surface area contributed by atoms with Crippen molar-refractivity contribution in [1.82, 2.24) is 10.6 Å². The van der Waals surface area contributed by atoms with Crippen molar-refractivity contribution in [3.05, 3.63) is 60.2 Å². The first-order valence-corrected chi connectivity index (χ1v) is 8.26. The van der Waals surface area contributed by atoms with E-state index in [1.165, 1.54) is 0 Å². The molecule has 0 unspecified atom stereocenters. The van der Waals surface area contributed by atoms with Crippen molar-refractivity contribution in [2.45, 2.75) is 20.3 Å². The number of rotatable bonds is 7. The maximum Gasteiger partial charge on any atom is 0.251 e. The van der Waals surface area contributed by atoms with Gasteiger partial charge in [0.05, 0.1) is 6.54 Å². The maximum absolute atomic E-state index is 12.1. The Labute approximate surface area is 143 Å². The molecule has 0 spiro atoms. The molecule has 0 aliphatic carbocycles. The van der Waals surface area contributed by atoms with Crippen LogP contribution in [0.25, 0.3) is 11.1 Å². The Morgan fingerprint density at radius 3 is 2.12 bits per heavy atom. The van der Waals surface area contributed by atoms with E-state index in [9.17, 15) is 9.59 Å². The van der Waals surface area contributed by atoms with Crippen LogP contribution >= 0.6 is 0 Å². The average Bonchev–Trinajstić information content (AvgIpc) is 2.60. The summed E-state index contributed by atoms with van der Waals surface area (Å²) in [6.45, 7) is 4.84. The van der Waals surface area contributed by atoms with Crippen molar-refractivity contribution in [3.63, 3.8) is 0 Å². The number of carbonyl (C=O) groups excluding carboxylic acids is 2. The van der Waals surface area contributed by atoms with Gasteiger partial charge in [-0.15, -0.1) is 0 Å². The molecule has 2 rings (SSSR count). The highest BCUT2D eigenvalue weighted by Gasteiger charge is 2.08. The lowest BCUT2D eigenvalue weighted by Crippen LogP contribution is -2.37. The van der Waals surface area contributed by atoms with Crippen LogP contribution in [0.1, 0.15) is 30.6 Å². The van der Waals surface area contributed by atoms with Crippen molar-refractivity contribution in [2.75, 3.05) is 13.1 Å². The standard InChI is InChI=1S/C20H24N2O2/c1-15(2)12-13-21-19(23)14-22-20(24)18-10-8-17(9-11-18)16-6-4-3-5-7-16/h3-11,15H,12-14H2,1-2H3,(H,21,23)(H,22,24). The first kappa shape index (κ1) is 17.7. The molecule has 0 radical (unpaired) electrons. The molecule has 0 bridgehead atoms. The molecule has 0 fully saturated rings. The van der Waals surface area contributed by atoms with Gasteiger partial charge < -0.3 is 10.6 Å². The lowest BCUT2D eigenvalue weighted by molar-refractivity contribution is -0.120. The van der Waals surface area contributed by atoms with Gasteiger partial charge in [-0.25, -0.2) is 0 Å². The molecule has 24 heavy (non-hydrogen) atoms. The Balaban J connectivity index is 1.83. The molecule has 0 atom stereocenters. The van der Waals surface area contributed by atoms with Crippen molar-refractivity contribution in [1.29, 1.82) is 0 Å². The minimum Gasteiger partial charge on any atom is -0.355 e. The number of carbonyl (C=O) groups is 2. The van der Waals surface area contributed by atoms with Gasteiger partial charge in [-0.1, -0.05) is 56.3 Å². The topological polar surface area (TPSA) is 58.2 Å². The molecule has 2 aromatic carbocycles. The Morgan fingerprint density at radius 2 is 1.50 bits per heavy atom. The van der Waals surface area contributed by atoms with Gasteiger partial charge in [0.25, 0.3) is 5.91 Å². The van der Waals surface area contributed by atoms with Crippen LogP contribution in [-0.2, 0) is 4.79 Å². The van der Waals surface area contributed by atoms with Crippen molar-refractivity contribution < 1.29 is 9.59 Å². The molecule has 4 nitrogen and oxygen atoms in total. The summed E-state index contributed by atoms with van der Waals surface area (Å²) in [6.07, 6.45) is 0.931. The van der Waals surface area contributed by atoms with Gasteiger partial charge in [0.1, 0.15) is 0 Å². The molecule has 4 heteroatoms. The normalized spacial score (nSPS) is 10.5. The van der Waals surface area contributed by atoms with Gasteiger partial charge in [-0.3, -0.25) is 9.59 Å². The second-order valence-electron chi connectivity index (χ2n) is 6.16. The van der Waals surface area contributed by atoms with Crippen molar-refractivity contribution in [3.8, 4) is 11.1 Å². The Morgan fingerprint density at radius 1 is 0.875 bits per heavy atom. The number of hydrogen-bond donors (Lipinski definition) is 2. The van der Waals surface area contributed by atoms with Crippen LogP contribution in [0, 0.1) is 5.92 Å². The van der Waals surface area contributed by atoms with Gasteiger partial charge in [0.15, 0.2) is 0 Å². The van der Waals surface area contributed by atoms with E-state index in [1.54, 1.807) is 12.1 Å². The zero-order valence-corrected chi connectivity index (χ0v) is 14.2. The fraction of sp³-hybridized carbons (Fsp3) is 0.300. The lowest BCUT2D eigenvalue weighted by atomic mass is 10.0. The monoisotopic (exact) mass is 324 g/mol. The minimum absolute atomic E-state index is 0.00261. The highest BCUT2D eigenvalue weighted by molar-refractivity contribution is 5.96. The van der Waals surface area contributed by atoms with E-state index in [1.807, 2.05) is 42.5 Å². The molecule has 2 aromatic rings. The van der Waals surface area contributed by atoms with Crippen LogP contribution in [0.4, 0.5) is 0 Å². The van der Waals surface area contributed by atoms with Crippen molar-refractivity contribution >= 4 is 11.8 Å². The summed E-state index contributed by atoms with van der Waals surface area (Å²) in [4.78, 5) is 23.8. The Hall–Kier alpha value is -2.62. The van der Waals surface area contributed by atoms with Gasteiger partial charge in [0.2, 0.25) is 5.91 Å². The molecule has 0 aliphatic heterocycles. The summed E-state index contributed by atoms with van der Waals surface area (Å²) >= 11 is 0. The van der Waals surface area contributed by atoms with E-state index in [0.29, 0.717) is 18.0 Å². The molecule has 0 aromatic heterocycles. The van der Waals surface area contributed by atoms with E-state index in [0.717, 1.165) is 17.5 Å². The van der Waals surface area contributed by atoms with Gasteiger partial charge in [0, 0.05) is 12.1 Å². The highest BCUT2D eigenvalue weighted by atomic mass is 16.2. The van der Waals surface area contributed by atoms with E-state index in [2.05, 4.69) is 24.5 Å². The third-order valence-electron chi connectivity index (χ3n) is 3.71. The molecule has 2 amide bonds. The first-order valence-electron chi connectivity index (χ1n) is 8.26. The smallest absolute Gasteiger partial charge is 0.251 e. The third kappa shape index (κ3) is 5.54. The minimum atomic E-state index is -0.242. The zero-order valence-electron chi connectivity index (χ0n) is 14.2. The van der Waals surface area contributed by atoms with E-state index in [4.69, 9.17) is 0 Å². The third-order valence-corrected chi connectivity index (χ3v) is 3.71. The summed E-state index contributed by atoms with van der Waals surface area (Å²) in [7, 11) is 0. The fourth-order valence-corrected chi connectivity index (χ4v) is 2.27. The zero-order chi connectivity index (χ0) is 17.4. The predicted octanol–water partition coefficient (Wildman–Crippen LogP) is 3.25. The van der Waals surface area contributed by atoms with E-state index < -0.39 is 0 Å². The van der Waals surface area contributed by atoms with Gasteiger partial charge in [-0.2, -0.15) is 0 Å². The van der Waals surface area contributed by atoms with Gasteiger partial charge in [-0.05, 0) is 35.6 Å². The molecule has 0 saturated carbocycles. The molecule has 0 heterocycles. The molecule has 0 aliphatic rings. The summed E-state index contributed by atoms with van der Waals surface area (Å²) in [5, 5.41) is 5.44. The van der Waals surface area contributed by atoms with Crippen LogP contribution in [0.15, 0.2) is 54.6 Å². The fourth-order valence-electron chi connectivity index (χ4n) is 2.27. The number of nitrogens with one attached hydrogen (secondary N) is 2. The van der Waals surface area contributed by atoms with E-state index >= 15 is 0 Å². The second kappa shape index (κ2) is 8.87. The Kier molecular flexibility index (Phi) is 6.55. The number of hydrogen-bond acceptors (Lipinski definition) is 2. The number of amides is 2. The molecule has 2 N–H and O–H groups in total. The molecule has 0 saturated heterocycles. The lowest BCUT2D eigenvalue weighted by Gasteiger charge is -2.09. The highest BCUT2D eigenvalue weighted by Crippen LogP contribution is 2.19. The SMILES string of the molecule is CC(C)CCNC(=O)CNC(=O)c1ccc(-c2ccccc2)cc1. The van der Waals surface area contributed by atoms with Crippen LogP contribution < -0.4 is 10.6 Å². The van der Waals surface area contributed by atoms with Crippen molar-refractivity contribution in [2.24, 2.45) is 5.92 Å². The summed E-state index contributed by atoms with van der Waals surface area (Å²) < 4.78 is 0. The van der Waals surface area contributed by atoms with Crippen LogP contribution in [0.5, 0.6) is 0 Å². The Bertz CT molecular complexity index is 664. The summed E-state index contributed by atoms with van der Waals surface area (Å²) in [5.74, 6) is 0.140. The molecular weight excluding hydrogens is 300 g/mol. The molecule has 126 valence electrons. The first-order chi connectivity index (χ1) is 11.6. The predicted molar refractivity (Wildman–Crippen MR) is 96.7 cm³/mol. The summed E-state index contributed by atoms with van der Waals surface area (Å²) in [6, 6.07) is 17.3. The van der Waals surface area contributed by atoms with Gasteiger partial charge >= 0.3 is 0 Å². The summed E-state index contributed by atoms with van der Waals surface area (Å²) in [5.41, 5.74) is 2.71. The van der Waals surface area contributed by atoms with Crippen LogP contribution in [0.2, 0.25) is 0 Å².